The maximum absolute atomic E-state index is 12.0. The molecule has 0 aliphatic carbocycles. The fourth-order valence-corrected chi connectivity index (χ4v) is 2.31. The van der Waals surface area contributed by atoms with E-state index in [2.05, 4.69) is 10.1 Å². The third-order valence-corrected chi connectivity index (χ3v) is 3.27. The summed E-state index contributed by atoms with van der Waals surface area (Å²) in [5.41, 5.74) is 12.4. The van der Waals surface area contributed by atoms with E-state index in [-0.39, 0.29) is 12.8 Å². The number of aliphatic imine (C=N–C) groups is 1. The number of guanidine groups is 1. The fraction of sp³-hybridized carbons (Fsp3) is 0.214. The summed E-state index contributed by atoms with van der Waals surface area (Å²) in [4.78, 5) is 15.6. The van der Waals surface area contributed by atoms with Gasteiger partial charge in [0.15, 0.2) is 17.5 Å². The summed E-state index contributed by atoms with van der Waals surface area (Å²) in [7, 11) is 0. The smallest absolute Gasteiger partial charge is 0.283 e. The van der Waals surface area contributed by atoms with Crippen LogP contribution in [0.25, 0.3) is 5.69 Å². The minimum Gasteiger partial charge on any atom is -0.454 e. The van der Waals surface area contributed by atoms with E-state index in [4.69, 9.17) is 20.9 Å². The van der Waals surface area contributed by atoms with Crippen molar-refractivity contribution in [1.82, 2.24) is 9.78 Å². The second-order valence-electron chi connectivity index (χ2n) is 4.65. The zero-order chi connectivity index (χ0) is 15.7. The summed E-state index contributed by atoms with van der Waals surface area (Å²) in [6, 6.07) is 5.45. The Morgan fingerprint density at radius 1 is 1.36 bits per heavy atom. The van der Waals surface area contributed by atoms with Gasteiger partial charge < -0.3 is 20.9 Å². The lowest BCUT2D eigenvalue weighted by Crippen LogP contribution is -2.24. The number of benzene rings is 1. The Kier molecular flexibility index (Phi) is 3.42. The highest BCUT2D eigenvalue weighted by Gasteiger charge is 2.19. The summed E-state index contributed by atoms with van der Waals surface area (Å²) in [5, 5.41) is 4.26. The van der Waals surface area contributed by atoms with E-state index in [0.717, 1.165) is 5.69 Å². The van der Waals surface area contributed by atoms with Crippen molar-refractivity contribution in [1.29, 1.82) is 0 Å². The average Bonchev–Trinajstić information content (AvgIpc) is 3.11. The van der Waals surface area contributed by atoms with Crippen molar-refractivity contribution in [3.05, 3.63) is 35.7 Å². The fourth-order valence-electron chi connectivity index (χ4n) is 2.31. The van der Waals surface area contributed by atoms with Gasteiger partial charge in [0.25, 0.3) is 5.91 Å². The molecular formula is C14H15N5O3. The second-order valence-corrected chi connectivity index (χ2v) is 4.65. The van der Waals surface area contributed by atoms with E-state index in [1.807, 2.05) is 19.1 Å². The molecule has 8 heteroatoms. The monoisotopic (exact) mass is 301 g/mol. The number of nitrogens with zero attached hydrogens (tertiary/aromatic N) is 3. The topological polar surface area (TPSA) is 118 Å². The molecule has 1 aromatic heterocycles. The van der Waals surface area contributed by atoms with Gasteiger partial charge in [0.1, 0.15) is 0 Å². The maximum Gasteiger partial charge on any atom is 0.283 e. The van der Waals surface area contributed by atoms with Crippen LogP contribution in [0.4, 0.5) is 0 Å². The summed E-state index contributed by atoms with van der Waals surface area (Å²) >= 11 is 0. The predicted molar refractivity (Wildman–Crippen MR) is 79.2 cm³/mol. The first-order valence-corrected chi connectivity index (χ1v) is 6.71. The number of ether oxygens (including phenoxy) is 2. The number of fused-ring (bicyclic) bond motifs is 1. The quantitative estimate of drug-likeness (QED) is 0.632. The third-order valence-electron chi connectivity index (χ3n) is 3.27. The van der Waals surface area contributed by atoms with Gasteiger partial charge in [0.05, 0.1) is 23.1 Å². The largest absolute Gasteiger partial charge is 0.454 e. The molecule has 1 aliphatic rings. The van der Waals surface area contributed by atoms with Gasteiger partial charge in [-0.1, -0.05) is 6.92 Å². The number of amides is 1. The Bertz CT molecular complexity index is 762. The number of rotatable bonds is 3. The molecule has 2 heterocycles. The highest BCUT2D eigenvalue weighted by Crippen LogP contribution is 2.34. The summed E-state index contributed by atoms with van der Waals surface area (Å²) in [5.74, 6) is 0.546. The van der Waals surface area contributed by atoms with E-state index < -0.39 is 5.91 Å². The van der Waals surface area contributed by atoms with Crippen LogP contribution < -0.4 is 20.9 Å². The standard InChI is InChI=1S/C14H15N5O3/c1-2-10-9(13(20)18-14(15)16)6-17-19(10)8-3-4-11-12(5-8)22-7-21-11/h3-6H,2,7H2,1H3,(H4,15,16,18,20). The molecule has 0 atom stereocenters. The minimum absolute atomic E-state index is 0.201. The van der Waals surface area contributed by atoms with Gasteiger partial charge in [0.2, 0.25) is 6.79 Å². The second kappa shape index (κ2) is 5.40. The van der Waals surface area contributed by atoms with Crippen molar-refractivity contribution in [2.24, 2.45) is 16.5 Å². The molecule has 4 N–H and O–H groups in total. The van der Waals surface area contributed by atoms with Crippen LogP contribution in [0, 0.1) is 0 Å². The molecule has 0 unspecified atom stereocenters. The average molecular weight is 301 g/mol. The zero-order valence-electron chi connectivity index (χ0n) is 11.9. The maximum atomic E-state index is 12.0. The Hall–Kier alpha value is -3.03. The molecule has 0 saturated heterocycles. The lowest BCUT2D eigenvalue weighted by molar-refractivity contribution is 0.100. The molecule has 0 saturated carbocycles. The minimum atomic E-state index is -0.510. The number of hydrogen-bond acceptors (Lipinski definition) is 4. The van der Waals surface area contributed by atoms with Gasteiger partial charge in [0, 0.05) is 6.07 Å². The van der Waals surface area contributed by atoms with Crippen molar-refractivity contribution in [2.45, 2.75) is 13.3 Å². The SMILES string of the molecule is CCc1c(C(=O)N=C(N)N)cnn1-c1ccc2c(c1)OCO2. The van der Waals surface area contributed by atoms with Gasteiger partial charge in [-0.3, -0.25) is 4.79 Å². The first-order valence-electron chi connectivity index (χ1n) is 6.71. The van der Waals surface area contributed by atoms with Crippen LogP contribution in [0.15, 0.2) is 29.4 Å². The molecule has 114 valence electrons. The first kappa shape index (κ1) is 13.9. The predicted octanol–water partition coefficient (Wildman–Crippen LogP) is 0.577. The normalized spacial score (nSPS) is 12.2. The molecule has 3 rings (SSSR count). The van der Waals surface area contributed by atoms with Crippen LogP contribution in [0.1, 0.15) is 23.0 Å². The molecule has 22 heavy (non-hydrogen) atoms. The van der Waals surface area contributed by atoms with E-state index in [1.54, 1.807) is 10.7 Å². The zero-order valence-corrected chi connectivity index (χ0v) is 11.9. The number of aromatic nitrogens is 2. The Labute approximate surface area is 126 Å². The van der Waals surface area contributed by atoms with E-state index in [1.165, 1.54) is 6.20 Å². The molecule has 1 aliphatic heterocycles. The van der Waals surface area contributed by atoms with Crippen LogP contribution >= 0.6 is 0 Å². The van der Waals surface area contributed by atoms with Gasteiger partial charge >= 0.3 is 0 Å². The molecule has 8 nitrogen and oxygen atoms in total. The lowest BCUT2D eigenvalue weighted by atomic mass is 10.2. The first-order chi connectivity index (χ1) is 10.6. The van der Waals surface area contributed by atoms with Crippen LogP contribution in [0.5, 0.6) is 11.5 Å². The van der Waals surface area contributed by atoms with Gasteiger partial charge in [-0.2, -0.15) is 10.1 Å². The van der Waals surface area contributed by atoms with E-state index in [0.29, 0.717) is 29.2 Å². The summed E-state index contributed by atoms with van der Waals surface area (Å²) < 4.78 is 12.3. The summed E-state index contributed by atoms with van der Waals surface area (Å²) in [6.07, 6.45) is 2.05. The summed E-state index contributed by atoms with van der Waals surface area (Å²) in [6.45, 7) is 2.12. The van der Waals surface area contributed by atoms with Gasteiger partial charge in [-0.15, -0.1) is 0 Å². The number of nitrogens with two attached hydrogens (primary N) is 2. The molecule has 1 aromatic carbocycles. The molecule has 0 radical (unpaired) electrons. The molecule has 0 bridgehead atoms. The lowest BCUT2D eigenvalue weighted by Gasteiger charge is -2.07. The van der Waals surface area contributed by atoms with Crippen molar-refractivity contribution >= 4 is 11.9 Å². The van der Waals surface area contributed by atoms with Crippen LogP contribution in [0.3, 0.4) is 0 Å². The molecule has 2 aromatic rings. The molecular weight excluding hydrogens is 286 g/mol. The van der Waals surface area contributed by atoms with Crippen molar-refractivity contribution in [2.75, 3.05) is 6.79 Å². The third kappa shape index (κ3) is 2.34. The van der Waals surface area contributed by atoms with E-state index >= 15 is 0 Å². The van der Waals surface area contributed by atoms with Crippen LogP contribution in [0.2, 0.25) is 0 Å². The number of hydrogen-bond donors (Lipinski definition) is 2. The van der Waals surface area contributed by atoms with Crippen LogP contribution in [-0.4, -0.2) is 28.4 Å². The van der Waals surface area contributed by atoms with Crippen molar-refractivity contribution in [3.63, 3.8) is 0 Å². The van der Waals surface area contributed by atoms with Gasteiger partial charge in [-0.05, 0) is 18.6 Å². The Morgan fingerprint density at radius 2 is 2.14 bits per heavy atom. The molecule has 0 spiro atoms. The Balaban J connectivity index is 2.03. The molecule has 1 amide bonds. The van der Waals surface area contributed by atoms with Crippen LogP contribution in [-0.2, 0) is 6.42 Å². The van der Waals surface area contributed by atoms with E-state index in [9.17, 15) is 4.79 Å². The van der Waals surface area contributed by atoms with Gasteiger partial charge in [-0.25, -0.2) is 4.68 Å². The Morgan fingerprint density at radius 3 is 2.86 bits per heavy atom. The number of carbonyl (C=O) groups is 1. The highest BCUT2D eigenvalue weighted by molar-refractivity contribution is 6.02. The van der Waals surface area contributed by atoms with Crippen molar-refractivity contribution in [3.8, 4) is 17.2 Å². The number of carbonyl (C=O) groups excluding carboxylic acids is 1. The molecule has 0 fully saturated rings. The van der Waals surface area contributed by atoms with Crippen molar-refractivity contribution < 1.29 is 14.3 Å². The highest BCUT2D eigenvalue weighted by atomic mass is 16.7.